The molecule has 2 aromatic carbocycles. The van der Waals surface area contributed by atoms with Crippen LogP contribution in [0.25, 0.3) is 0 Å². The largest absolute Gasteiger partial charge is 0.455 e. The first kappa shape index (κ1) is 12.2. The normalized spacial score (nSPS) is 9.83. The van der Waals surface area contributed by atoms with Crippen molar-refractivity contribution in [3.05, 3.63) is 52.8 Å². The Hall–Kier alpha value is -2.25. The summed E-state index contributed by atoms with van der Waals surface area (Å²) < 4.78 is 18.5. The average molecular weight is 263 g/mol. The molecule has 0 unspecified atom stereocenters. The van der Waals surface area contributed by atoms with Crippen LogP contribution in [0.3, 0.4) is 0 Å². The van der Waals surface area contributed by atoms with E-state index >= 15 is 0 Å². The molecule has 3 nitrogen and oxygen atoms in total. The molecule has 18 heavy (non-hydrogen) atoms. The summed E-state index contributed by atoms with van der Waals surface area (Å²) in [4.78, 5) is 0. The zero-order valence-corrected chi connectivity index (χ0v) is 9.91. The summed E-state index contributed by atoms with van der Waals surface area (Å²) in [5.74, 6) is 0.144. The van der Waals surface area contributed by atoms with Crippen molar-refractivity contribution in [3.63, 3.8) is 0 Å². The Bertz CT molecular complexity index is 637. The molecule has 0 saturated heterocycles. The highest BCUT2D eigenvalue weighted by Crippen LogP contribution is 2.30. The van der Waals surface area contributed by atoms with E-state index in [0.717, 1.165) is 0 Å². The van der Waals surface area contributed by atoms with Gasteiger partial charge in [0.05, 0.1) is 16.3 Å². The molecule has 0 aromatic heterocycles. The van der Waals surface area contributed by atoms with Crippen LogP contribution in [0.5, 0.6) is 11.5 Å². The van der Waals surface area contributed by atoms with Crippen LogP contribution in [0.4, 0.5) is 10.1 Å². The van der Waals surface area contributed by atoms with Gasteiger partial charge < -0.3 is 10.5 Å². The third-order valence-electron chi connectivity index (χ3n) is 2.26. The zero-order valence-electron chi connectivity index (χ0n) is 9.15. The van der Waals surface area contributed by atoms with Gasteiger partial charge in [-0.1, -0.05) is 11.6 Å². The van der Waals surface area contributed by atoms with Crippen LogP contribution in [-0.2, 0) is 0 Å². The summed E-state index contributed by atoms with van der Waals surface area (Å²) in [5, 5.41) is 9.00. The third-order valence-corrected chi connectivity index (χ3v) is 2.58. The molecule has 0 aliphatic heterocycles. The number of nitrogens with zero attached hydrogens (tertiary/aromatic N) is 1. The standard InChI is InChI=1S/C13H8ClFN2O/c14-11-6-10(3-1-8(11)7-16)18-13-5-9(15)2-4-12(13)17/h1-6H,17H2. The maximum Gasteiger partial charge on any atom is 0.153 e. The second kappa shape index (κ2) is 4.94. The molecule has 2 aromatic rings. The summed E-state index contributed by atoms with van der Waals surface area (Å²) in [6.07, 6.45) is 0. The van der Waals surface area contributed by atoms with Gasteiger partial charge in [-0.2, -0.15) is 5.26 Å². The Morgan fingerprint density at radius 2 is 2.00 bits per heavy atom. The van der Waals surface area contributed by atoms with Crippen LogP contribution in [0.15, 0.2) is 36.4 Å². The van der Waals surface area contributed by atoms with E-state index in [-0.39, 0.29) is 10.8 Å². The Morgan fingerprint density at radius 1 is 1.22 bits per heavy atom. The van der Waals surface area contributed by atoms with Crippen molar-refractivity contribution in [1.29, 1.82) is 5.26 Å². The molecule has 0 saturated carbocycles. The lowest BCUT2D eigenvalue weighted by Gasteiger charge is -2.09. The molecule has 2 rings (SSSR count). The van der Waals surface area contributed by atoms with Crippen molar-refractivity contribution < 1.29 is 9.13 Å². The van der Waals surface area contributed by atoms with Gasteiger partial charge in [0.2, 0.25) is 0 Å². The van der Waals surface area contributed by atoms with Crippen LogP contribution in [-0.4, -0.2) is 0 Å². The van der Waals surface area contributed by atoms with E-state index in [9.17, 15) is 4.39 Å². The molecular formula is C13H8ClFN2O. The van der Waals surface area contributed by atoms with E-state index < -0.39 is 5.82 Å². The fourth-order valence-electron chi connectivity index (χ4n) is 1.37. The van der Waals surface area contributed by atoms with E-state index in [1.807, 2.05) is 6.07 Å². The van der Waals surface area contributed by atoms with Crippen molar-refractivity contribution in [1.82, 2.24) is 0 Å². The lowest BCUT2D eigenvalue weighted by atomic mass is 10.2. The molecule has 0 heterocycles. The molecule has 0 aliphatic carbocycles. The monoisotopic (exact) mass is 262 g/mol. The molecule has 0 bridgehead atoms. The number of anilines is 1. The van der Waals surface area contributed by atoms with Gasteiger partial charge in [-0.15, -0.1) is 0 Å². The van der Waals surface area contributed by atoms with Crippen LogP contribution in [0.1, 0.15) is 5.56 Å². The zero-order chi connectivity index (χ0) is 13.1. The Kier molecular flexibility index (Phi) is 3.35. The average Bonchev–Trinajstić information content (AvgIpc) is 2.34. The van der Waals surface area contributed by atoms with Gasteiger partial charge in [-0.3, -0.25) is 0 Å². The lowest BCUT2D eigenvalue weighted by molar-refractivity contribution is 0.479. The van der Waals surface area contributed by atoms with Gasteiger partial charge in [-0.25, -0.2) is 4.39 Å². The van der Waals surface area contributed by atoms with E-state index in [1.54, 1.807) is 6.07 Å². The molecule has 0 spiro atoms. The van der Waals surface area contributed by atoms with E-state index in [1.165, 1.54) is 30.3 Å². The number of ether oxygens (including phenoxy) is 1. The van der Waals surface area contributed by atoms with Gasteiger partial charge >= 0.3 is 0 Å². The molecular weight excluding hydrogens is 255 g/mol. The topological polar surface area (TPSA) is 59.0 Å². The number of hydrogen-bond donors (Lipinski definition) is 1. The number of rotatable bonds is 2. The first-order valence-electron chi connectivity index (χ1n) is 5.02. The van der Waals surface area contributed by atoms with Crippen molar-refractivity contribution in [2.24, 2.45) is 0 Å². The minimum absolute atomic E-state index is 0.204. The number of nitriles is 1. The van der Waals surface area contributed by atoms with Gasteiger partial charge in [0.1, 0.15) is 17.6 Å². The minimum Gasteiger partial charge on any atom is -0.455 e. The number of nitrogen functional groups attached to an aromatic ring is 1. The predicted molar refractivity (Wildman–Crippen MR) is 67.1 cm³/mol. The number of halogens is 2. The van der Waals surface area contributed by atoms with Crippen LogP contribution < -0.4 is 10.5 Å². The van der Waals surface area contributed by atoms with Crippen LogP contribution in [0, 0.1) is 17.1 Å². The number of nitrogens with two attached hydrogens (primary N) is 1. The second-order valence-corrected chi connectivity index (χ2v) is 3.94. The molecule has 2 N–H and O–H groups in total. The molecule has 90 valence electrons. The van der Waals surface area contributed by atoms with Gasteiger partial charge in [0, 0.05) is 12.1 Å². The van der Waals surface area contributed by atoms with Gasteiger partial charge in [0.25, 0.3) is 0 Å². The Morgan fingerprint density at radius 3 is 2.67 bits per heavy atom. The first-order valence-corrected chi connectivity index (χ1v) is 5.40. The maximum atomic E-state index is 13.0. The van der Waals surface area contributed by atoms with E-state index in [2.05, 4.69) is 0 Å². The summed E-state index contributed by atoms with van der Waals surface area (Å²) in [5.41, 5.74) is 6.31. The summed E-state index contributed by atoms with van der Waals surface area (Å²) in [6.45, 7) is 0. The second-order valence-electron chi connectivity index (χ2n) is 3.54. The maximum absolute atomic E-state index is 13.0. The molecule has 0 aliphatic rings. The van der Waals surface area contributed by atoms with Crippen molar-refractivity contribution in [2.75, 3.05) is 5.73 Å². The summed E-state index contributed by atoms with van der Waals surface area (Å²) >= 11 is 5.86. The Labute approximate surface area is 108 Å². The van der Waals surface area contributed by atoms with Crippen molar-refractivity contribution in [3.8, 4) is 17.6 Å². The lowest BCUT2D eigenvalue weighted by Crippen LogP contribution is -1.93. The fourth-order valence-corrected chi connectivity index (χ4v) is 1.59. The molecule has 0 fully saturated rings. The van der Waals surface area contributed by atoms with E-state index in [0.29, 0.717) is 17.0 Å². The smallest absolute Gasteiger partial charge is 0.153 e. The third kappa shape index (κ3) is 2.53. The molecule has 0 atom stereocenters. The highest BCUT2D eigenvalue weighted by Gasteiger charge is 2.06. The molecule has 0 amide bonds. The number of benzene rings is 2. The van der Waals surface area contributed by atoms with E-state index in [4.69, 9.17) is 27.3 Å². The Balaban J connectivity index is 2.32. The van der Waals surface area contributed by atoms with Gasteiger partial charge in [-0.05, 0) is 24.3 Å². The highest BCUT2D eigenvalue weighted by molar-refractivity contribution is 6.31. The summed E-state index contributed by atoms with van der Waals surface area (Å²) in [7, 11) is 0. The van der Waals surface area contributed by atoms with Crippen molar-refractivity contribution >= 4 is 17.3 Å². The highest BCUT2D eigenvalue weighted by atomic mass is 35.5. The SMILES string of the molecule is N#Cc1ccc(Oc2cc(F)ccc2N)cc1Cl. The number of hydrogen-bond acceptors (Lipinski definition) is 3. The van der Waals surface area contributed by atoms with Crippen LogP contribution in [0.2, 0.25) is 5.02 Å². The first-order chi connectivity index (χ1) is 8.60. The predicted octanol–water partition coefficient (Wildman–Crippen LogP) is 3.73. The van der Waals surface area contributed by atoms with Crippen molar-refractivity contribution in [2.45, 2.75) is 0 Å². The van der Waals surface area contributed by atoms with Crippen LogP contribution >= 0.6 is 11.6 Å². The molecule has 5 heteroatoms. The minimum atomic E-state index is -0.445. The van der Waals surface area contributed by atoms with Gasteiger partial charge in [0.15, 0.2) is 5.75 Å². The summed E-state index contributed by atoms with van der Waals surface area (Å²) in [6, 6.07) is 10.3. The fraction of sp³-hybridized carbons (Fsp3) is 0. The quantitative estimate of drug-likeness (QED) is 0.839. The molecule has 0 radical (unpaired) electrons.